The van der Waals surface area contributed by atoms with Gasteiger partial charge in [-0.05, 0) is 54.8 Å². The first-order chi connectivity index (χ1) is 9.15. The molecule has 0 aliphatic rings. The zero-order valence-corrected chi connectivity index (χ0v) is 12.5. The molecular formula is C16H17BrFN. The van der Waals surface area contributed by atoms with Crippen molar-refractivity contribution in [3.63, 3.8) is 0 Å². The molecule has 2 aromatic rings. The molecule has 0 amide bonds. The standard InChI is InChI=1S/C16H17BrFN/c1-12-5-6-14(10-16(12)17)11-19-8-7-13-3-2-4-15(18)9-13/h2-6,9-10,19H,7-8,11H2,1H3. The number of halogens is 2. The molecular weight excluding hydrogens is 305 g/mol. The lowest BCUT2D eigenvalue weighted by Gasteiger charge is -2.07. The Balaban J connectivity index is 1.79. The fraction of sp³-hybridized carbons (Fsp3) is 0.250. The van der Waals surface area contributed by atoms with Crippen molar-refractivity contribution in [1.82, 2.24) is 5.32 Å². The fourth-order valence-electron chi connectivity index (χ4n) is 1.90. The molecule has 0 aliphatic heterocycles. The van der Waals surface area contributed by atoms with Crippen LogP contribution in [0.1, 0.15) is 16.7 Å². The Morgan fingerprint density at radius 1 is 1.11 bits per heavy atom. The third-order valence-corrected chi connectivity index (χ3v) is 3.90. The van der Waals surface area contributed by atoms with Crippen LogP contribution >= 0.6 is 15.9 Å². The van der Waals surface area contributed by atoms with E-state index in [0.717, 1.165) is 29.5 Å². The van der Waals surface area contributed by atoms with E-state index in [0.29, 0.717) is 0 Å². The van der Waals surface area contributed by atoms with E-state index >= 15 is 0 Å². The molecule has 0 aromatic heterocycles. The van der Waals surface area contributed by atoms with Gasteiger partial charge in [-0.25, -0.2) is 4.39 Å². The van der Waals surface area contributed by atoms with Crippen LogP contribution in [0.4, 0.5) is 4.39 Å². The van der Waals surface area contributed by atoms with Gasteiger partial charge in [0.25, 0.3) is 0 Å². The monoisotopic (exact) mass is 321 g/mol. The van der Waals surface area contributed by atoms with E-state index in [2.05, 4.69) is 46.4 Å². The molecule has 0 saturated heterocycles. The Hall–Kier alpha value is -1.19. The fourth-order valence-corrected chi connectivity index (χ4v) is 2.33. The molecule has 0 atom stereocenters. The maximum atomic E-state index is 13.0. The molecule has 0 fully saturated rings. The summed E-state index contributed by atoms with van der Waals surface area (Å²) in [5.74, 6) is -0.167. The molecule has 2 aromatic carbocycles. The maximum Gasteiger partial charge on any atom is 0.123 e. The smallest absolute Gasteiger partial charge is 0.123 e. The van der Waals surface area contributed by atoms with Crippen molar-refractivity contribution in [3.05, 3.63) is 69.4 Å². The molecule has 0 aliphatic carbocycles. The lowest BCUT2D eigenvalue weighted by Crippen LogP contribution is -2.16. The summed E-state index contributed by atoms with van der Waals surface area (Å²) < 4.78 is 14.1. The van der Waals surface area contributed by atoms with Crippen LogP contribution in [0.5, 0.6) is 0 Å². The van der Waals surface area contributed by atoms with Crippen molar-refractivity contribution in [2.45, 2.75) is 19.9 Å². The molecule has 0 spiro atoms. The Labute approximate surface area is 122 Å². The van der Waals surface area contributed by atoms with Crippen molar-refractivity contribution in [2.75, 3.05) is 6.54 Å². The molecule has 2 rings (SSSR count). The molecule has 3 heteroatoms. The topological polar surface area (TPSA) is 12.0 Å². The van der Waals surface area contributed by atoms with Crippen LogP contribution < -0.4 is 5.32 Å². The van der Waals surface area contributed by atoms with Gasteiger partial charge in [-0.2, -0.15) is 0 Å². The Kier molecular flexibility index (Phi) is 5.11. The summed E-state index contributed by atoms with van der Waals surface area (Å²) >= 11 is 3.53. The lowest BCUT2D eigenvalue weighted by molar-refractivity contribution is 0.622. The van der Waals surface area contributed by atoms with Crippen LogP contribution in [0.15, 0.2) is 46.9 Å². The van der Waals surface area contributed by atoms with E-state index in [1.54, 1.807) is 12.1 Å². The van der Waals surface area contributed by atoms with Gasteiger partial charge in [0.05, 0.1) is 0 Å². The summed E-state index contributed by atoms with van der Waals surface area (Å²) in [6.07, 6.45) is 0.838. The second kappa shape index (κ2) is 6.83. The Morgan fingerprint density at radius 3 is 2.68 bits per heavy atom. The van der Waals surface area contributed by atoms with Gasteiger partial charge in [-0.15, -0.1) is 0 Å². The number of rotatable bonds is 5. The number of hydrogen-bond acceptors (Lipinski definition) is 1. The summed E-state index contributed by atoms with van der Waals surface area (Å²) in [5.41, 5.74) is 3.51. The summed E-state index contributed by atoms with van der Waals surface area (Å²) in [6, 6.07) is 13.1. The van der Waals surface area contributed by atoms with E-state index in [-0.39, 0.29) is 5.82 Å². The summed E-state index contributed by atoms with van der Waals surface area (Å²) in [5, 5.41) is 3.37. The minimum Gasteiger partial charge on any atom is -0.312 e. The van der Waals surface area contributed by atoms with E-state index in [1.807, 2.05) is 6.07 Å². The molecule has 100 valence electrons. The average Bonchev–Trinajstić information content (AvgIpc) is 2.39. The highest BCUT2D eigenvalue weighted by atomic mass is 79.9. The van der Waals surface area contributed by atoms with Gasteiger partial charge < -0.3 is 5.32 Å². The quantitative estimate of drug-likeness (QED) is 0.813. The number of aryl methyl sites for hydroxylation is 1. The van der Waals surface area contributed by atoms with Crippen LogP contribution in [0.2, 0.25) is 0 Å². The summed E-state index contributed by atoms with van der Waals surface area (Å²) in [4.78, 5) is 0. The van der Waals surface area contributed by atoms with E-state index < -0.39 is 0 Å². The van der Waals surface area contributed by atoms with E-state index in [1.165, 1.54) is 17.2 Å². The minimum atomic E-state index is -0.167. The third kappa shape index (κ3) is 4.44. The van der Waals surface area contributed by atoms with Gasteiger partial charge in [0.1, 0.15) is 5.82 Å². The molecule has 19 heavy (non-hydrogen) atoms. The Morgan fingerprint density at radius 2 is 1.95 bits per heavy atom. The van der Waals surface area contributed by atoms with Crippen LogP contribution in [0.3, 0.4) is 0 Å². The first-order valence-corrected chi connectivity index (χ1v) is 7.14. The minimum absolute atomic E-state index is 0.167. The largest absolute Gasteiger partial charge is 0.312 e. The molecule has 0 saturated carbocycles. The van der Waals surface area contributed by atoms with Gasteiger partial charge >= 0.3 is 0 Å². The van der Waals surface area contributed by atoms with E-state index in [9.17, 15) is 4.39 Å². The molecule has 1 N–H and O–H groups in total. The first kappa shape index (κ1) is 14.2. The number of benzene rings is 2. The van der Waals surface area contributed by atoms with Gasteiger partial charge in [-0.3, -0.25) is 0 Å². The third-order valence-electron chi connectivity index (χ3n) is 3.04. The molecule has 0 unspecified atom stereocenters. The maximum absolute atomic E-state index is 13.0. The van der Waals surface area contributed by atoms with E-state index in [4.69, 9.17) is 0 Å². The SMILES string of the molecule is Cc1ccc(CNCCc2cccc(F)c2)cc1Br. The predicted octanol–water partition coefficient (Wildman–Crippen LogP) is 4.23. The second-order valence-corrected chi connectivity index (χ2v) is 5.49. The molecule has 0 heterocycles. The summed E-state index contributed by atoms with van der Waals surface area (Å²) in [6.45, 7) is 3.74. The van der Waals surface area contributed by atoms with Crippen LogP contribution in [0, 0.1) is 12.7 Å². The zero-order valence-electron chi connectivity index (χ0n) is 10.9. The average molecular weight is 322 g/mol. The van der Waals surface area contributed by atoms with Crippen molar-refractivity contribution in [2.24, 2.45) is 0 Å². The normalized spacial score (nSPS) is 10.7. The van der Waals surface area contributed by atoms with Crippen molar-refractivity contribution in [3.8, 4) is 0 Å². The Bertz CT molecular complexity index is 554. The first-order valence-electron chi connectivity index (χ1n) is 6.35. The second-order valence-electron chi connectivity index (χ2n) is 4.64. The van der Waals surface area contributed by atoms with Gasteiger partial charge in [0.15, 0.2) is 0 Å². The zero-order chi connectivity index (χ0) is 13.7. The van der Waals surface area contributed by atoms with Gasteiger partial charge in [0.2, 0.25) is 0 Å². The van der Waals surface area contributed by atoms with Crippen molar-refractivity contribution >= 4 is 15.9 Å². The van der Waals surface area contributed by atoms with Crippen LogP contribution in [0.25, 0.3) is 0 Å². The van der Waals surface area contributed by atoms with Crippen molar-refractivity contribution in [1.29, 1.82) is 0 Å². The predicted molar refractivity (Wildman–Crippen MR) is 80.7 cm³/mol. The van der Waals surface area contributed by atoms with Crippen LogP contribution in [-0.4, -0.2) is 6.54 Å². The highest BCUT2D eigenvalue weighted by molar-refractivity contribution is 9.10. The number of nitrogens with one attached hydrogen (secondary N) is 1. The van der Waals surface area contributed by atoms with Crippen molar-refractivity contribution < 1.29 is 4.39 Å². The summed E-state index contributed by atoms with van der Waals surface area (Å²) in [7, 11) is 0. The van der Waals surface area contributed by atoms with Gasteiger partial charge in [-0.1, -0.05) is 40.2 Å². The highest BCUT2D eigenvalue weighted by Crippen LogP contribution is 2.17. The highest BCUT2D eigenvalue weighted by Gasteiger charge is 1.98. The molecule has 1 nitrogen and oxygen atoms in total. The van der Waals surface area contributed by atoms with Crippen LogP contribution in [-0.2, 0) is 13.0 Å². The van der Waals surface area contributed by atoms with Gasteiger partial charge in [0, 0.05) is 11.0 Å². The molecule has 0 radical (unpaired) electrons. The number of hydrogen-bond donors (Lipinski definition) is 1. The molecule has 0 bridgehead atoms. The lowest BCUT2D eigenvalue weighted by atomic mass is 10.1.